The van der Waals surface area contributed by atoms with Gasteiger partial charge < -0.3 is 5.32 Å². The van der Waals surface area contributed by atoms with Crippen LogP contribution in [0, 0.1) is 6.92 Å². The molecule has 7 heteroatoms. The number of nitrogens with zero attached hydrogens (tertiary/aromatic N) is 1. The molecular weight excluding hydrogens is 288 g/mol. The van der Waals surface area contributed by atoms with Crippen LogP contribution in [0.4, 0.5) is 5.69 Å². The molecule has 0 fully saturated rings. The molecule has 1 N–H and O–H groups in total. The lowest BCUT2D eigenvalue weighted by Gasteiger charge is -2.15. The molecule has 1 amide bonds. The van der Waals surface area contributed by atoms with E-state index < -0.39 is 15.4 Å². The van der Waals surface area contributed by atoms with Gasteiger partial charge in [0.05, 0.1) is 4.90 Å². The molecule has 0 bridgehead atoms. The lowest BCUT2D eigenvalue weighted by atomic mass is 10.2. The minimum atomic E-state index is -3.54. The Morgan fingerprint density at radius 1 is 1.37 bits per heavy atom. The van der Waals surface area contributed by atoms with Crippen LogP contribution < -0.4 is 5.32 Å². The molecule has 1 atom stereocenters. The molecule has 1 rings (SSSR count). The number of carbonyl (C=O) groups excluding carboxylic acids is 1. The Hall–Kier alpha value is -1.11. The Morgan fingerprint density at radius 2 is 1.95 bits per heavy atom. The molecule has 0 aliphatic carbocycles. The third kappa shape index (κ3) is 3.68. The zero-order chi connectivity index (χ0) is 14.8. The van der Waals surface area contributed by atoms with Crippen molar-refractivity contribution in [1.82, 2.24) is 4.31 Å². The molecule has 19 heavy (non-hydrogen) atoms. The number of benzene rings is 1. The van der Waals surface area contributed by atoms with Crippen LogP contribution >= 0.6 is 11.6 Å². The summed E-state index contributed by atoms with van der Waals surface area (Å²) in [5, 5.41) is 1.88. The lowest BCUT2D eigenvalue weighted by molar-refractivity contribution is -0.115. The Labute approximate surface area is 118 Å². The van der Waals surface area contributed by atoms with E-state index in [2.05, 4.69) is 5.32 Å². The zero-order valence-electron chi connectivity index (χ0n) is 11.3. The summed E-state index contributed by atoms with van der Waals surface area (Å²) in [4.78, 5) is 11.7. The Bertz CT molecular complexity index is 583. The highest BCUT2D eigenvalue weighted by Crippen LogP contribution is 2.22. The average Bonchev–Trinajstić information content (AvgIpc) is 2.30. The number of halogens is 1. The van der Waals surface area contributed by atoms with Gasteiger partial charge in [-0.3, -0.25) is 4.79 Å². The van der Waals surface area contributed by atoms with Gasteiger partial charge in [0.15, 0.2) is 0 Å². The number of hydrogen-bond donors (Lipinski definition) is 1. The maximum Gasteiger partial charge on any atom is 0.242 e. The van der Waals surface area contributed by atoms with Gasteiger partial charge in [-0.1, -0.05) is 6.07 Å². The van der Waals surface area contributed by atoms with Gasteiger partial charge >= 0.3 is 0 Å². The molecule has 0 aromatic heterocycles. The lowest BCUT2D eigenvalue weighted by Crippen LogP contribution is -2.24. The van der Waals surface area contributed by atoms with Gasteiger partial charge in [-0.2, -0.15) is 0 Å². The van der Waals surface area contributed by atoms with Crippen LogP contribution in [0.1, 0.15) is 12.5 Å². The smallest absolute Gasteiger partial charge is 0.242 e. The van der Waals surface area contributed by atoms with E-state index in [1.807, 2.05) is 0 Å². The van der Waals surface area contributed by atoms with Crippen LogP contribution in [-0.4, -0.2) is 38.1 Å². The summed E-state index contributed by atoms with van der Waals surface area (Å²) in [6.45, 7) is 3.24. The fraction of sp³-hybridized carbons (Fsp3) is 0.417. The monoisotopic (exact) mass is 304 g/mol. The summed E-state index contributed by atoms with van der Waals surface area (Å²) in [6.07, 6.45) is 0. The van der Waals surface area contributed by atoms with E-state index in [1.165, 1.54) is 20.2 Å². The zero-order valence-corrected chi connectivity index (χ0v) is 12.8. The van der Waals surface area contributed by atoms with Crippen molar-refractivity contribution in [3.05, 3.63) is 23.8 Å². The summed E-state index contributed by atoms with van der Waals surface area (Å²) >= 11 is 5.65. The van der Waals surface area contributed by atoms with Gasteiger partial charge in [-0.15, -0.1) is 11.6 Å². The molecule has 0 aliphatic rings. The van der Waals surface area contributed by atoms with E-state index in [4.69, 9.17) is 11.6 Å². The van der Waals surface area contributed by atoms with E-state index in [9.17, 15) is 13.2 Å². The number of hydrogen-bond acceptors (Lipinski definition) is 3. The first-order chi connectivity index (χ1) is 8.66. The SMILES string of the molecule is Cc1ccc(NC(=O)C(C)Cl)cc1S(=O)(=O)N(C)C. The molecule has 1 unspecified atom stereocenters. The summed E-state index contributed by atoms with van der Waals surface area (Å²) in [6, 6.07) is 4.72. The first kappa shape index (κ1) is 15.9. The number of sulfonamides is 1. The van der Waals surface area contributed by atoms with Crippen molar-refractivity contribution >= 4 is 33.2 Å². The Morgan fingerprint density at radius 3 is 2.42 bits per heavy atom. The maximum absolute atomic E-state index is 12.1. The van der Waals surface area contributed by atoms with E-state index in [1.54, 1.807) is 26.0 Å². The Kier molecular flexibility index (Phi) is 4.95. The van der Waals surface area contributed by atoms with Gasteiger partial charge in [-0.05, 0) is 31.5 Å². The molecule has 1 aromatic rings. The van der Waals surface area contributed by atoms with Crippen LogP contribution in [0.2, 0.25) is 0 Å². The summed E-state index contributed by atoms with van der Waals surface area (Å²) in [7, 11) is -0.619. The van der Waals surface area contributed by atoms with Gasteiger partial charge in [0.1, 0.15) is 5.38 Å². The molecule has 0 radical (unpaired) electrons. The molecule has 0 heterocycles. The third-order valence-electron chi connectivity index (χ3n) is 2.58. The van der Waals surface area contributed by atoms with E-state index >= 15 is 0 Å². The van der Waals surface area contributed by atoms with Gasteiger partial charge in [0.25, 0.3) is 0 Å². The third-order valence-corrected chi connectivity index (χ3v) is 4.73. The highest BCUT2D eigenvalue weighted by Gasteiger charge is 2.20. The van der Waals surface area contributed by atoms with Crippen molar-refractivity contribution in [2.24, 2.45) is 0 Å². The normalized spacial score (nSPS) is 13.4. The molecule has 106 valence electrons. The molecule has 0 saturated carbocycles. The number of nitrogens with one attached hydrogen (secondary N) is 1. The summed E-state index contributed by atoms with van der Waals surface area (Å²) in [5.41, 5.74) is 1.02. The van der Waals surface area contributed by atoms with Gasteiger partial charge in [-0.25, -0.2) is 12.7 Å². The highest BCUT2D eigenvalue weighted by molar-refractivity contribution is 7.89. The first-order valence-corrected chi connectivity index (χ1v) is 7.52. The van der Waals surface area contributed by atoms with Crippen molar-refractivity contribution in [3.8, 4) is 0 Å². The summed E-state index contributed by atoms with van der Waals surface area (Å²) in [5.74, 6) is -0.376. The second-order valence-corrected chi connectivity index (χ2v) is 7.15. The van der Waals surface area contributed by atoms with Gasteiger partial charge in [0, 0.05) is 19.8 Å². The highest BCUT2D eigenvalue weighted by atomic mass is 35.5. The molecule has 0 spiro atoms. The number of rotatable bonds is 4. The average molecular weight is 305 g/mol. The van der Waals surface area contributed by atoms with Crippen LogP contribution in [0.3, 0.4) is 0 Å². The fourth-order valence-electron chi connectivity index (χ4n) is 1.39. The molecular formula is C12H17ClN2O3S. The largest absolute Gasteiger partial charge is 0.325 e. The number of carbonyl (C=O) groups is 1. The van der Waals surface area contributed by atoms with Crippen molar-refractivity contribution in [1.29, 1.82) is 0 Å². The Balaban J connectivity index is 3.19. The maximum atomic E-state index is 12.1. The minimum absolute atomic E-state index is 0.164. The molecule has 0 aliphatic heterocycles. The van der Waals surface area contributed by atoms with Crippen molar-refractivity contribution in [2.75, 3.05) is 19.4 Å². The predicted octanol–water partition coefficient (Wildman–Crippen LogP) is 1.81. The number of anilines is 1. The van der Waals surface area contributed by atoms with Gasteiger partial charge in [0.2, 0.25) is 15.9 Å². The fourth-order valence-corrected chi connectivity index (χ4v) is 2.59. The standard InChI is InChI=1S/C12H17ClN2O3S/c1-8-5-6-10(14-12(16)9(2)13)7-11(8)19(17,18)15(3)4/h5-7,9H,1-4H3,(H,14,16). The topological polar surface area (TPSA) is 66.5 Å². The second kappa shape index (κ2) is 5.90. The second-order valence-electron chi connectivity index (χ2n) is 4.37. The first-order valence-electron chi connectivity index (χ1n) is 5.64. The van der Waals surface area contributed by atoms with E-state index in [0.29, 0.717) is 11.3 Å². The van der Waals surface area contributed by atoms with Crippen LogP contribution in [-0.2, 0) is 14.8 Å². The van der Waals surface area contributed by atoms with Crippen LogP contribution in [0.15, 0.2) is 23.1 Å². The summed E-state index contributed by atoms with van der Waals surface area (Å²) < 4.78 is 25.4. The molecule has 0 saturated heterocycles. The number of aryl methyl sites for hydroxylation is 1. The van der Waals surface area contributed by atoms with Crippen molar-refractivity contribution in [3.63, 3.8) is 0 Å². The van der Waals surface area contributed by atoms with Crippen molar-refractivity contribution in [2.45, 2.75) is 24.1 Å². The van der Waals surface area contributed by atoms with E-state index in [0.717, 1.165) is 4.31 Å². The van der Waals surface area contributed by atoms with Crippen molar-refractivity contribution < 1.29 is 13.2 Å². The minimum Gasteiger partial charge on any atom is -0.325 e. The van der Waals surface area contributed by atoms with Crippen LogP contribution in [0.25, 0.3) is 0 Å². The predicted molar refractivity (Wildman–Crippen MR) is 76.0 cm³/mol. The number of amides is 1. The van der Waals surface area contributed by atoms with Crippen LogP contribution in [0.5, 0.6) is 0 Å². The quantitative estimate of drug-likeness (QED) is 0.863. The molecule has 1 aromatic carbocycles. The number of alkyl halides is 1. The molecule has 5 nitrogen and oxygen atoms in total. The van der Waals surface area contributed by atoms with E-state index in [-0.39, 0.29) is 10.8 Å².